The number of para-hydroxylation sites is 2. The minimum Gasteiger partial charge on any atom is -0.508 e. The standard InChI is InChI=1S/C24H18N2O3.C24H16N2O.C2H6/c27-18-7-3-5-15(11-18)23-24(16-6-4-8-19(28)12-16)29-22(26-23)13-17-14-25-21-10-2-1-9-20(17)21;1-3-9-17(10-4-1)22-23(18-11-5-2-6-12-18)27-24(26-22)20-15-19-13-7-8-14-21(19)25-16-20;1-2/h1-12,14,25,27-28H,13H2;1-16H;1-2H3. The van der Waals surface area contributed by atoms with E-state index in [9.17, 15) is 10.2 Å². The first-order chi connectivity index (χ1) is 28.6. The normalized spacial score (nSPS) is 10.8. The van der Waals surface area contributed by atoms with Crippen LogP contribution in [0.1, 0.15) is 25.3 Å². The van der Waals surface area contributed by atoms with Crippen LogP contribution in [0.5, 0.6) is 11.5 Å². The maximum atomic E-state index is 9.91. The third-order valence-electron chi connectivity index (χ3n) is 9.46. The minimum absolute atomic E-state index is 0.152. The van der Waals surface area contributed by atoms with Gasteiger partial charge in [0.25, 0.3) is 0 Å². The molecular weight excluding hydrogens is 721 g/mol. The van der Waals surface area contributed by atoms with Gasteiger partial charge in [0, 0.05) is 50.9 Å². The Kier molecular flexibility index (Phi) is 10.9. The van der Waals surface area contributed by atoms with Crippen molar-refractivity contribution in [3.8, 4) is 68.1 Å². The summed E-state index contributed by atoms with van der Waals surface area (Å²) in [5.74, 6) is 2.77. The summed E-state index contributed by atoms with van der Waals surface area (Å²) in [5, 5.41) is 22.0. The predicted octanol–water partition coefficient (Wildman–Crippen LogP) is 12.7. The van der Waals surface area contributed by atoms with Crippen LogP contribution in [0, 0.1) is 0 Å². The van der Waals surface area contributed by atoms with Crippen molar-refractivity contribution in [1.29, 1.82) is 0 Å². The Balaban J connectivity index is 0.000000156. The number of hydrogen-bond donors (Lipinski definition) is 3. The Morgan fingerprint density at radius 1 is 0.534 bits per heavy atom. The number of aromatic amines is 1. The van der Waals surface area contributed by atoms with Crippen molar-refractivity contribution in [1.82, 2.24) is 19.9 Å². The van der Waals surface area contributed by atoms with Crippen LogP contribution in [-0.2, 0) is 6.42 Å². The SMILES string of the molecule is CC.Oc1cccc(-c2nc(Cc3c[nH]c4ccccc34)oc2-c2cccc(O)c2)c1.c1ccc(-c2nc(-c3cnc4ccccc4c3)oc2-c2ccccc2)cc1. The van der Waals surface area contributed by atoms with Gasteiger partial charge in [0.15, 0.2) is 17.4 Å². The highest BCUT2D eigenvalue weighted by Crippen LogP contribution is 2.38. The summed E-state index contributed by atoms with van der Waals surface area (Å²) in [5.41, 5.74) is 8.95. The van der Waals surface area contributed by atoms with Gasteiger partial charge in [-0.25, -0.2) is 9.97 Å². The zero-order valence-electron chi connectivity index (χ0n) is 32.0. The number of phenolic OH excluding ortho intramolecular Hbond substituents is 2. The first-order valence-corrected chi connectivity index (χ1v) is 19.2. The van der Waals surface area contributed by atoms with E-state index >= 15 is 0 Å². The molecule has 0 saturated carbocycles. The predicted molar refractivity (Wildman–Crippen MR) is 231 cm³/mol. The van der Waals surface area contributed by atoms with Crippen molar-refractivity contribution in [2.75, 3.05) is 0 Å². The summed E-state index contributed by atoms with van der Waals surface area (Å²) in [6.07, 6.45) is 4.31. The summed E-state index contributed by atoms with van der Waals surface area (Å²) in [6.45, 7) is 4.00. The zero-order valence-corrected chi connectivity index (χ0v) is 32.0. The number of pyridine rings is 1. The molecule has 0 spiro atoms. The lowest BCUT2D eigenvalue weighted by Gasteiger charge is -2.03. The molecule has 0 unspecified atom stereocenters. The van der Waals surface area contributed by atoms with Gasteiger partial charge >= 0.3 is 0 Å². The van der Waals surface area contributed by atoms with Gasteiger partial charge in [0.1, 0.15) is 22.9 Å². The third-order valence-corrected chi connectivity index (χ3v) is 9.46. The van der Waals surface area contributed by atoms with Gasteiger partial charge in [-0.3, -0.25) is 4.98 Å². The molecule has 0 aliphatic heterocycles. The molecule has 0 aliphatic carbocycles. The zero-order chi connectivity index (χ0) is 39.8. The summed E-state index contributed by atoms with van der Waals surface area (Å²) in [4.78, 5) is 17.4. The molecule has 4 heterocycles. The van der Waals surface area contributed by atoms with Gasteiger partial charge in [-0.05, 0) is 48.0 Å². The van der Waals surface area contributed by atoms with Crippen LogP contribution < -0.4 is 0 Å². The van der Waals surface area contributed by atoms with Crippen molar-refractivity contribution in [2.45, 2.75) is 20.3 Å². The van der Waals surface area contributed by atoms with Crippen LogP contribution in [0.3, 0.4) is 0 Å². The van der Waals surface area contributed by atoms with E-state index in [1.165, 1.54) is 0 Å². The number of nitrogens with one attached hydrogen (secondary N) is 1. The number of aromatic hydroxyl groups is 2. The van der Waals surface area contributed by atoms with Crippen LogP contribution >= 0.6 is 0 Å². The van der Waals surface area contributed by atoms with E-state index in [1.807, 2.05) is 142 Å². The van der Waals surface area contributed by atoms with Crippen molar-refractivity contribution in [3.05, 3.63) is 188 Å². The quantitative estimate of drug-likeness (QED) is 0.148. The first-order valence-electron chi connectivity index (χ1n) is 19.2. The number of hydrogen-bond acceptors (Lipinski definition) is 7. The van der Waals surface area contributed by atoms with Gasteiger partial charge in [-0.15, -0.1) is 0 Å². The smallest absolute Gasteiger partial charge is 0.228 e. The Hall–Kier alpha value is -7.71. The second-order valence-corrected chi connectivity index (χ2v) is 13.3. The van der Waals surface area contributed by atoms with Crippen LogP contribution in [0.4, 0.5) is 0 Å². The molecule has 284 valence electrons. The number of H-pyrrole nitrogens is 1. The molecule has 0 radical (unpaired) electrons. The lowest BCUT2D eigenvalue weighted by Crippen LogP contribution is -1.87. The van der Waals surface area contributed by atoms with E-state index in [0.29, 0.717) is 29.7 Å². The fourth-order valence-corrected chi connectivity index (χ4v) is 6.78. The summed E-state index contributed by atoms with van der Waals surface area (Å²) in [7, 11) is 0. The Bertz CT molecular complexity index is 2810. The number of nitrogens with zero attached hydrogens (tertiary/aromatic N) is 3. The average Bonchev–Trinajstić information content (AvgIpc) is 4.03. The highest BCUT2D eigenvalue weighted by atomic mass is 16.4. The first kappa shape index (κ1) is 37.2. The molecular formula is C50H40N4O4. The van der Waals surface area contributed by atoms with Crippen LogP contribution in [0.2, 0.25) is 0 Å². The van der Waals surface area contributed by atoms with Gasteiger partial charge in [0.2, 0.25) is 5.89 Å². The summed E-state index contributed by atoms with van der Waals surface area (Å²) >= 11 is 0. The minimum atomic E-state index is 0.152. The molecule has 0 aliphatic rings. The molecule has 0 atom stereocenters. The molecule has 10 aromatic rings. The molecule has 58 heavy (non-hydrogen) atoms. The fourth-order valence-electron chi connectivity index (χ4n) is 6.78. The monoisotopic (exact) mass is 760 g/mol. The molecule has 0 saturated heterocycles. The van der Waals surface area contributed by atoms with Crippen molar-refractivity contribution in [3.63, 3.8) is 0 Å². The molecule has 0 fully saturated rings. The van der Waals surface area contributed by atoms with E-state index in [2.05, 4.69) is 22.1 Å². The number of phenols is 2. The lowest BCUT2D eigenvalue weighted by molar-refractivity contribution is 0.474. The van der Waals surface area contributed by atoms with E-state index in [1.54, 1.807) is 36.4 Å². The summed E-state index contributed by atoms with van der Waals surface area (Å²) < 4.78 is 12.4. The van der Waals surface area contributed by atoms with Crippen molar-refractivity contribution >= 4 is 21.8 Å². The van der Waals surface area contributed by atoms with Gasteiger partial charge in [-0.1, -0.05) is 135 Å². The van der Waals surface area contributed by atoms with Gasteiger partial charge in [0.05, 0.1) is 17.5 Å². The number of benzene rings is 6. The maximum Gasteiger partial charge on any atom is 0.228 e. The molecule has 3 N–H and O–H groups in total. The molecule has 0 bridgehead atoms. The van der Waals surface area contributed by atoms with Crippen LogP contribution in [-0.4, -0.2) is 30.1 Å². The van der Waals surface area contributed by atoms with E-state index < -0.39 is 0 Å². The highest BCUT2D eigenvalue weighted by molar-refractivity contribution is 5.85. The number of fused-ring (bicyclic) bond motifs is 2. The molecule has 0 amide bonds. The second-order valence-electron chi connectivity index (χ2n) is 13.3. The molecule has 4 aromatic heterocycles. The third kappa shape index (κ3) is 7.99. The number of aromatic nitrogens is 4. The Morgan fingerprint density at radius 2 is 1.14 bits per heavy atom. The second kappa shape index (κ2) is 17.0. The molecule has 6 aromatic carbocycles. The van der Waals surface area contributed by atoms with Crippen LogP contribution in [0.15, 0.2) is 185 Å². The highest BCUT2D eigenvalue weighted by Gasteiger charge is 2.20. The Labute approximate surface area is 335 Å². The molecule has 8 nitrogen and oxygen atoms in total. The van der Waals surface area contributed by atoms with Crippen molar-refractivity contribution in [2.24, 2.45) is 0 Å². The summed E-state index contributed by atoms with van der Waals surface area (Å²) in [6, 6.07) is 52.2. The largest absolute Gasteiger partial charge is 0.508 e. The van der Waals surface area contributed by atoms with E-state index in [4.69, 9.17) is 18.8 Å². The lowest BCUT2D eigenvalue weighted by atomic mass is 10.1. The fraction of sp³-hybridized carbons (Fsp3) is 0.0600. The van der Waals surface area contributed by atoms with Gasteiger partial charge < -0.3 is 24.0 Å². The average molecular weight is 761 g/mol. The Morgan fingerprint density at radius 3 is 1.90 bits per heavy atom. The van der Waals surface area contributed by atoms with E-state index in [-0.39, 0.29) is 11.5 Å². The van der Waals surface area contributed by atoms with Gasteiger partial charge in [-0.2, -0.15) is 0 Å². The number of rotatable bonds is 7. The topological polar surface area (TPSA) is 121 Å². The molecule has 10 rings (SSSR count). The van der Waals surface area contributed by atoms with E-state index in [0.717, 1.165) is 66.6 Å². The van der Waals surface area contributed by atoms with Crippen molar-refractivity contribution < 1.29 is 19.0 Å². The van der Waals surface area contributed by atoms with Crippen LogP contribution in [0.25, 0.3) is 78.4 Å². The maximum absolute atomic E-state index is 9.91. The number of oxazole rings is 2. The molecule has 8 heteroatoms.